The molecule has 1 amide bonds. The molecular formula is C22H24F3N5O3S. The van der Waals surface area contributed by atoms with E-state index in [1.165, 1.54) is 10.7 Å². The van der Waals surface area contributed by atoms with Crippen LogP contribution in [0.4, 0.5) is 18.9 Å². The van der Waals surface area contributed by atoms with Crippen LogP contribution >= 0.6 is 0 Å². The minimum absolute atomic E-state index is 0.00785. The molecule has 2 aromatic rings. The van der Waals surface area contributed by atoms with Crippen molar-refractivity contribution in [3.63, 3.8) is 0 Å². The SMILES string of the molecule is CS(=N)(=O)c1cc(NC(=O)c2c(C(F)(F)F)c(C3CC3)nn2CC2C3(CC3)C23CC3)cc[n+]1[O-]. The van der Waals surface area contributed by atoms with Crippen molar-refractivity contribution in [2.75, 3.05) is 11.6 Å². The number of aromatic nitrogens is 3. The summed E-state index contributed by atoms with van der Waals surface area (Å²) in [6, 6.07) is 2.27. The molecule has 8 nitrogen and oxygen atoms in total. The number of halogens is 3. The average molecular weight is 496 g/mol. The van der Waals surface area contributed by atoms with E-state index in [4.69, 9.17) is 4.78 Å². The third-order valence-electron chi connectivity index (χ3n) is 8.16. The largest absolute Gasteiger partial charge is 0.618 e. The van der Waals surface area contributed by atoms with Crippen LogP contribution in [0, 0.1) is 26.7 Å². The normalized spacial score (nSPS) is 23.6. The number of amides is 1. The number of hydrogen-bond donors (Lipinski definition) is 2. The lowest BCUT2D eigenvalue weighted by molar-refractivity contribution is -0.646. The Kier molecular flexibility index (Phi) is 4.20. The van der Waals surface area contributed by atoms with Gasteiger partial charge >= 0.3 is 6.18 Å². The van der Waals surface area contributed by atoms with Gasteiger partial charge in [-0.1, -0.05) is 0 Å². The van der Waals surface area contributed by atoms with Gasteiger partial charge in [0.15, 0.2) is 6.20 Å². The van der Waals surface area contributed by atoms with Crippen molar-refractivity contribution in [2.24, 2.45) is 16.7 Å². The first-order valence-corrected chi connectivity index (χ1v) is 13.3. The Morgan fingerprint density at radius 3 is 2.44 bits per heavy atom. The number of nitrogens with one attached hydrogen (secondary N) is 2. The first kappa shape index (κ1) is 21.9. The van der Waals surface area contributed by atoms with Gasteiger partial charge in [0.05, 0.1) is 11.4 Å². The lowest BCUT2D eigenvalue weighted by Gasteiger charge is -2.13. The lowest BCUT2D eigenvalue weighted by Crippen LogP contribution is -2.33. The quantitative estimate of drug-likeness (QED) is 0.467. The highest BCUT2D eigenvalue weighted by Gasteiger charge is 2.86. The Hall–Kier alpha value is -2.63. The molecule has 0 saturated heterocycles. The Morgan fingerprint density at radius 1 is 1.32 bits per heavy atom. The van der Waals surface area contributed by atoms with Crippen LogP contribution in [0.15, 0.2) is 23.4 Å². The van der Waals surface area contributed by atoms with Crippen molar-refractivity contribution >= 4 is 21.3 Å². The standard InChI is InChI=1S/C22H24F3N5O3S/c1-34(26,33)15-10-13(4-9-30(15)32)27-19(31)18-16(22(23,24)25)17(12-2-3-12)28-29(18)11-14-20(5-6-20)21(14)7-8-21/h4,9-10,12,14,26H,2-3,5-8,11H2,1H3,(H,27,31). The molecule has 4 saturated carbocycles. The number of anilines is 1. The summed E-state index contributed by atoms with van der Waals surface area (Å²) < 4.78 is 63.9. The molecule has 2 aromatic heterocycles. The number of alkyl halides is 3. The van der Waals surface area contributed by atoms with E-state index in [1.807, 2.05) is 0 Å². The predicted molar refractivity (Wildman–Crippen MR) is 114 cm³/mol. The third kappa shape index (κ3) is 3.17. The highest BCUT2D eigenvalue weighted by atomic mass is 32.2. The highest BCUT2D eigenvalue weighted by molar-refractivity contribution is 7.91. The summed E-state index contributed by atoms with van der Waals surface area (Å²) in [4.78, 5) is 13.3. The second kappa shape index (κ2) is 6.52. The summed E-state index contributed by atoms with van der Waals surface area (Å²) in [6.07, 6.45) is 2.86. The number of pyridine rings is 1. The van der Waals surface area contributed by atoms with Gasteiger partial charge in [0.1, 0.15) is 21.0 Å². The van der Waals surface area contributed by atoms with Crippen LogP contribution in [0.2, 0.25) is 0 Å². The van der Waals surface area contributed by atoms with Gasteiger partial charge in [0.2, 0.25) is 0 Å². The Bertz CT molecular complexity index is 1320. The Balaban J connectivity index is 1.39. The third-order valence-corrected chi connectivity index (χ3v) is 9.26. The molecule has 34 heavy (non-hydrogen) atoms. The van der Waals surface area contributed by atoms with Crippen molar-refractivity contribution in [3.8, 4) is 0 Å². The zero-order valence-corrected chi connectivity index (χ0v) is 19.3. The van der Waals surface area contributed by atoms with Gasteiger partial charge in [0, 0.05) is 30.9 Å². The first-order chi connectivity index (χ1) is 15.9. The van der Waals surface area contributed by atoms with Crippen molar-refractivity contribution in [2.45, 2.75) is 62.2 Å². The molecule has 6 rings (SSSR count). The number of fused-ring (bicyclic) bond motifs is 1. The predicted octanol–water partition coefficient (Wildman–Crippen LogP) is 3.89. The van der Waals surface area contributed by atoms with Crippen molar-refractivity contribution in [3.05, 3.63) is 40.5 Å². The van der Waals surface area contributed by atoms with Crippen LogP contribution in [-0.2, 0) is 22.5 Å². The maximum atomic E-state index is 14.2. The van der Waals surface area contributed by atoms with E-state index >= 15 is 0 Å². The molecule has 0 aliphatic heterocycles. The van der Waals surface area contributed by atoms with Gasteiger partial charge < -0.3 is 10.5 Å². The fourth-order valence-corrected chi connectivity index (χ4v) is 6.86. The van der Waals surface area contributed by atoms with E-state index in [1.54, 1.807) is 0 Å². The van der Waals surface area contributed by atoms with Crippen LogP contribution in [0.5, 0.6) is 0 Å². The molecule has 2 heterocycles. The molecule has 0 aromatic carbocycles. The number of carbonyl (C=O) groups is 1. The van der Waals surface area contributed by atoms with E-state index < -0.39 is 38.1 Å². The maximum absolute atomic E-state index is 14.2. The molecule has 0 radical (unpaired) electrons. The van der Waals surface area contributed by atoms with E-state index in [9.17, 15) is 27.4 Å². The monoisotopic (exact) mass is 495 g/mol. The second-order valence-corrected chi connectivity index (χ2v) is 12.4. The molecule has 1 unspecified atom stereocenters. The summed E-state index contributed by atoms with van der Waals surface area (Å²) in [5, 5.41) is 18.3. The summed E-state index contributed by atoms with van der Waals surface area (Å²) in [5.74, 6) is -1.04. The van der Waals surface area contributed by atoms with Crippen molar-refractivity contribution < 1.29 is 26.9 Å². The van der Waals surface area contributed by atoms with Gasteiger partial charge in [-0.25, -0.2) is 8.99 Å². The van der Waals surface area contributed by atoms with E-state index in [-0.39, 0.29) is 45.3 Å². The van der Waals surface area contributed by atoms with Gasteiger partial charge in [-0.2, -0.15) is 23.0 Å². The molecule has 4 aliphatic carbocycles. The smallest absolute Gasteiger partial charge is 0.420 e. The molecule has 2 N–H and O–H groups in total. The Morgan fingerprint density at radius 2 is 1.94 bits per heavy atom. The molecule has 12 heteroatoms. The fraction of sp³-hybridized carbons (Fsp3) is 0.591. The van der Waals surface area contributed by atoms with E-state index in [0.29, 0.717) is 12.8 Å². The van der Waals surface area contributed by atoms with Gasteiger partial charge in [0.25, 0.3) is 10.9 Å². The van der Waals surface area contributed by atoms with Crippen LogP contribution < -0.4 is 10.0 Å². The topological polar surface area (TPSA) is 115 Å². The zero-order valence-electron chi connectivity index (χ0n) is 18.4. The molecular weight excluding hydrogens is 471 g/mol. The summed E-state index contributed by atoms with van der Waals surface area (Å²) in [5.41, 5.74) is -1.12. The maximum Gasteiger partial charge on any atom is 0.420 e. The summed E-state index contributed by atoms with van der Waals surface area (Å²) in [7, 11) is -3.41. The highest BCUT2D eigenvalue weighted by Crippen LogP contribution is 2.92. The number of carbonyl (C=O) groups excluding carboxylic acids is 1. The molecule has 0 bridgehead atoms. The van der Waals surface area contributed by atoms with Crippen molar-refractivity contribution in [1.82, 2.24) is 9.78 Å². The van der Waals surface area contributed by atoms with Crippen LogP contribution in [0.25, 0.3) is 0 Å². The molecule has 182 valence electrons. The van der Waals surface area contributed by atoms with Crippen molar-refractivity contribution in [1.29, 1.82) is 4.78 Å². The minimum Gasteiger partial charge on any atom is -0.618 e. The van der Waals surface area contributed by atoms with Crippen LogP contribution in [0.3, 0.4) is 0 Å². The molecule has 1 atom stereocenters. The van der Waals surface area contributed by atoms with Gasteiger partial charge in [-0.15, -0.1) is 0 Å². The van der Waals surface area contributed by atoms with E-state index in [0.717, 1.165) is 44.2 Å². The molecule has 4 aliphatic rings. The summed E-state index contributed by atoms with van der Waals surface area (Å²) in [6.45, 7) is 0.286. The number of rotatable bonds is 6. The minimum atomic E-state index is -4.75. The number of nitrogens with zero attached hydrogens (tertiary/aromatic N) is 3. The van der Waals surface area contributed by atoms with Crippen LogP contribution in [0.1, 0.15) is 66.2 Å². The summed E-state index contributed by atoms with van der Waals surface area (Å²) >= 11 is 0. The number of hydrogen-bond acceptors (Lipinski definition) is 5. The molecule has 4 fully saturated rings. The van der Waals surface area contributed by atoms with Gasteiger partial charge in [-0.3, -0.25) is 9.48 Å². The average Bonchev–Trinajstić information content (AvgIpc) is 3.56. The van der Waals surface area contributed by atoms with Gasteiger partial charge in [-0.05, 0) is 55.3 Å². The first-order valence-electron chi connectivity index (χ1n) is 11.3. The second-order valence-electron chi connectivity index (χ2n) is 10.3. The Labute approximate surface area is 194 Å². The van der Waals surface area contributed by atoms with Crippen LogP contribution in [-0.4, -0.2) is 26.2 Å². The zero-order chi connectivity index (χ0) is 24.3. The molecule has 2 spiro atoms. The lowest BCUT2D eigenvalue weighted by atomic mass is 10.1. The van der Waals surface area contributed by atoms with E-state index in [2.05, 4.69) is 10.4 Å². The fourth-order valence-electron chi connectivity index (χ4n) is 6.11.